The summed E-state index contributed by atoms with van der Waals surface area (Å²) >= 11 is 0. The first-order chi connectivity index (χ1) is 9.28. The van der Waals surface area contributed by atoms with Crippen molar-refractivity contribution < 1.29 is 9.53 Å². The second-order valence-corrected chi connectivity index (χ2v) is 4.34. The summed E-state index contributed by atoms with van der Waals surface area (Å²) in [7, 11) is 1.39. The lowest BCUT2D eigenvalue weighted by Crippen LogP contribution is -2.00. The molecule has 0 spiro atoms. The Morgan fingerprint density at radius 1 is 1.05 bits per heavy atom. The second kappa shape index (κ2) is 4.61. The van der Waals surface area contributed by atoms with E-state index in [1.165, 1.54) is 7.11 Å². The number of benzene rings is 2. The molecule has 1 N–H and O–H groups in total. The van der Waals surface area contributed by atoms with Crippen LogP contribution < -0.4 is 0 Å². The van der Waals surface area contributed by atoms with E-state index in [1.54, 1.807) is 6.07 Å². The minimum Gasteiger partial charge on any atom is -0.465 e. The SMILES string of the molecule is COC(=O)c1ccc2[nH]c(-c3ccccc3)cc2c1. The van der Waals surface area contributed by atoms with Gasteiger partial charge in [0.2, 0.25) is 0 Å². The number of H-pyrrole nitrogens is 1. The first-order valence-corrected chi connectivity index (χ1v) is 6.04. The number of carbonyl (C=O) groups excluding carboxylic acids is 1. The van der Waals surface area contributed by atoms with Crippen LogP contribution in [0.25, 0.3) is 22.2 Å². The van der Waals surface area contributed by atoms with Crippen LogP contribution in [0.1, 0.15) is 10.4 Å². The highest BCUT2D eigenvalue weighted by Crippen LogP contribution is 2.24. The highest BCUT2D eigenvalue weighted by atomic mass is 16.5. The summed E-state index contributed by atoms with van der Waals surface area (Å²) in [6.07, 6.45) is 0. The number of ether oxygens (including phenoxy) is 1. The number of carbonyl (C=O) groups is 1. The molecule has 0 aliphatic carbocycles. The Kier molecular flexibility index (Phi) is 2.80. The zero-order valence-electron chi connectivity index (χ0n) is 10.5. The number of hydrogen-bond acceptors (Lipinski definition) is 2. The van der Waals surface area contributed by atoms with Crippen molar-refractivity contribution in [2.24, 2.45) is 0 Å². The molecule has 0 amide bonds. The molecule has 0 aliphatic heterocycles. The van der Waals surface area contributed by atoms with Crippen LogP contribution in [0.15, 0.2) is 54.6 Å². The second-order valence-electron chi connectivity index (χ2n) is 4.34. The predicted molar refractivity (Wildman–Crippen MR) is 75.1 cm³/mol. The van der Waals surface area contributed by atoms with Crippen LogP contribution in [0, 0.1) is 0 Å². The Morgan fingerprint density at radius 2 is 1.84 bits per heavy atom. The van der Waals surface area contributed by atoms with Gasteiger partial charge in [0.05, 0.1) is 12.7 Å². The van der Waals surface area contributed by atoms with Crippen LogP contribution in [0.2, 0.25) is 0 Å². The highest BCUT2D eigenvalue weighted by molar-refractivity contribution is 5.96. The van der Waals surface area contributed by atoms with E-state index in [0.717, 1.165) is 22.2 Å². The fourth-order valence-electron chi connectivity index (χ4n) is 2.15. The van der Waals surface area contributed by atoms with E-state index in [-0.39, 0.29) is 5.97 Å². The zero-order chi connectivity index (χ0) is 13.2. The molecule has 3 rings (SSSR count). The molecule has 0 saturated heterocycles. The minimum atomic E-state index is -0.315. The lowest BCUT2D eigenvalue weighted by Gasteiger charge is -1.98. The quantitative estimate of drug-likeness (QED) is 0.707. The maximum Gasteiger partial charge on any atom is 0.337 e. The van der Waals surface area contributed by atoms with Crippen molar-refractivity contribution in [3.8, 4) is 11.3 Å². The number of nitrogens with one attached hydrogen (secondary N) is 1. The normalized spacial score (nSPS) is 10.6. The molecule has 94 valence electrons. The lowest BCUT2D eigenvalue weighted by atomic mass is 10.1. The molecule has 3 nitrogen and oxygen atoms in total. The maximum absolute atomic E-state index is 11.5. The summed E-state index contributed by atoms with van der Waals surface area (Å²) in [6, 6.07) is 17.6. The molecule has 0 saturated carbocycles. The predicted octanol–water partition coefficient (Wildman–Crippen LogP) is 3.62. The van der Waals surface area contributed by atoms with Gasteiger partial charge in [0, 0.05) is 16.6 Å². The van der Waals surface area contributed by atoms with Crippen LogP contribution in [0.3, 0.4) is 0 Å². The number of esters is 1. The van der Waals surface area contributed by atoms with Crippen molar-refractivity contribution in [2.75, 3.05) is 7.11 Å². The van der Waals surface area contributed by atoms with Gasteiger partial charge in [0.25, 0.3) is 0 Å². The van der Waals surface area contributed by atoms with Crippen molar-refractivity contribution in [3.05, 3.63) is 60.2 Å². The summed E-state index contributed by atoms with van der Waals surface area (Å²) in [5.74, 6) is -0.315. The van der Waals surface area contributed by atoms with Gasteiger partial charge in [0.15, 0.2) is 0 Å². The number of rotatable bonds is 2. The number of fused-ring (bicyclic) bond motifs is 1. The largest absolute Gasteiger partial charge is 0.465 e. The summed E-state index contributed by atoms with van der Waals surface area (Å²) < 4.78 is 4.73. The average molecular weight is 251 g/mol. The molecule has 3 heteroatoms. The molecule has 0 atom stereocenters. The summed E-state index contributed by atoms with van der Waals surface area (Å²) in [5.41, 5.74) is 3.73. The molecule has 0 unspecified atom stereocenters. The first kappa shape index (κ1) is 11.5. The van der Waals surface area contributed by atoms with Crippen molar-refractivity contribution in [3.63, 3.8) is 0 Å². The third-order valence-corrected chi connectivity index (χ3v) is 3.13. The van der Waals surface area contributed by atoms with Gasteiger partial charge in [-0.15, -0.1) is 0 Å². The van der Waals surface area contributed by atoms with E-state index in [4.69, 9.17) is 4.74 Å². The molecule has 3 aromatic rings. The van der Waals surface area contributed by atoms with E-state index >= 15 is 0 Å². The van der Waals surface area contributed by atoms with Gasteiger partial charge in [0.1, 0.15) is 0 Å². The molecule has 0 bridgehead atoms. The van der Waals surface area contributed by atoms with Gasteiger partial charge in [-0.1, -0.05) is 30.3 Å². The Labute approximate surface area is 110 Å². The number of hydrogen-bond donors (Lipinski definition) is 1. The summed E-state index contributed by atoms with van der Waals surface area (Å²) in [5, 5.41) is 1.00. The molecule has 0 aliphatic rings. The number of methoxy groups -OCH3 is 1. The van der Waals surface area contributed by atoms with Gasteiger partial charge in [-0.25, -0.2) is 4.79 Å². The first-order valence-electron chi connectivity index (χ1n) is 6.04. The zero-order valence-corrected chi connectivity index (χ0v) is 10.5. The van der Waals surface area contributed by atoms with Gasteiger partial charge >= 0.3 is 5.97 Å². The standard InChI is InChI=1S/C16H13NO2/c1-19-16(18)12-7-8-14-13(9-12)10-15(17-14)11-5-3-2-4-6-11/h2-10,17H,1H3. The maximum atomic E-state index is 11.5. The molecule has 0 fully saturated rings. The van der Waals surface area contributed by atoms with Crippen molar-refractivity contribution >= 4 is 16.9 Å². The van der Waals surface area contributed by atoms with Crippen LogP contribution in [-0.4, -0.2) is 18.1 Å². The molecular formula is C16H13NO2. The average Bonchev–Trinajstić information content (AvgIpc) is 2.90. The smallest absolute Gasteiger partial charge is 0.337 e. The highest BCUT2D eigenvalue weighted by Gasteiger charge is 2.08. The molecule has 2 aromatic carbocycles. The van der Waals surface area contributed by atoms with E-state index in [2.05, 4.69) is 4.98 Å². The summed E-state index contributed by atoms with van der Waals surface area (Å²) in [6.45, 7) is 0. The van der Waals surface area contributed by atoms with Crippen molar-refractivity contribution in [1.29, 1.82) is 0 Å². The van der Waals surface area contributed by atoms with Gasteiger partial charge in [-0.2, -0.15) is 0 Å². The van der Waals surface area contributed by atoms with Crippen molar-refractivity contribution in [1.82, 2.24) is 4.98 Å². The third-order valence-electron chi connectivity index (χ3n) is 3.13. The van der Waals surface area contributed by atoms with Gasteiger partial charge in [-0.05, 0) is 29.8 Å². The van der Waals surface area contributed by atoms with Crippen LogP contribution >= 0.6 is 0 Å². The van der Waals surface area contributed by atoms with E-state index in [9.17, 15) is 4.79 Å². The fourth-order valence-corrected chi connectivity index (χ4v) is 2.15. The van der Waals surface area contributed by atoms with E-state index in [1.807, 2.05) is 48.5 Å². The summed E-state index contributed by atoms with van der Waals surface area (Å²) in [4.78, 5) is 14.8. The van der Waals surface area contributed by atoms with Crippen molar-refractivity contribution in [2.45, 2.75) is 0 Å². The van der Waals surface area contributed by atoms with Crippen LogP contribution in [0.5, 0.6) is 0 Å². The Bertz CT molecular complexity index is 729. The van der Waals surface area contributed by atoms with E-state index < -0.39 is 0 Å². The molecule has 1 heterocycles. The molecule has 1 aromatic heterocycles. The van der Waals surface area contributed by atoms with Gasteiger partial charge in [-0.3, -0.25) is 0 Å². The lowest BCUT2D eigenvalue weighted by molar-refractivity contribution is 0.0601. The monoisotopic (exact) mass is 251 g/mol. The van der Waals surface area contributed by atoms with Crippen LogP contribution in [0.4, 0.5) is 0 Å². The van der Waals surface area contributed by atoms with Gasteiger partial charge < -0.3 is 9.72 Å². The Hall–Kier alpha value is -2.55. The molecule has 19 heavy (non-hydrogen) atoms. The van der Waals surface area contributed by atoms with Crippen LogP contribution in [-0.2, 0) is 4.74 Å². The fraction of sp³-hybridized carbons (Fsp3) is 0.0625. The molecule has 0 radical (unpaired) electrons. The Balaban J connectivity index is 2.09. The Morgan fingerprint density at radius 3 is 2.58 bits per heavy atom. The van der Waals surface area contributed by atoms with E-state index in [0.29, 0.717) is 5.56 Å². The third kappa shape index (κ3) is 2.10. The topological polar surface area (TPSA) is 42.1 Å². The number of aromatic nitrogens is 1. The minimum absolute atomic E-state index is 0.315. The molecular weight excluding hydrogens is 238 g/mol. The number of aromatic amines is 1.